The molecule has 0 radical (unpaired) electrons. The highest BCUT2D eigenvalue weighted by molar-refractivity contribution is 5.95. The normalized spacial score (nSPS) is 12.8. The van der Waals surface area contributed by atoms with Gasteiger partial charge in [-0.3, -0.25) is 19.2 Å². The summed E-state index contributed by atoms with van der Waals surface area (Å²) in [6.45, 7) is 15.5. The van der Waals surface area contributed by atoms with E-state index in [2.05, 4.69) is 15.4 Å². The molecule has 2 aromatic rings. The summed E-state index contributed by atoms with van der Waals surface area (Å²) in [5.74, 6) is -4.08. The Labute approximate surface area is 255 Å². The number of nitrogens with one attached hydrogen (secondary N) is 2. The average Bonchev–Trinajstić information content (AvgIpc) is 2.96. The number of rotatable bonds is 10. The maximum absolute atomic E-state index is 12.8. The minimum absolute atomic E-state index is 0.344. The fraction of sp³-hybridized carbons (Fsp3) is 0.485. The highest BCUT2D eigenvalue weighted by atomic mass is 16.6. The molecule has 0 aliphatic carbocycles. The van der Waals surface area contributed by atoms with Crippen LogP contribution in [0.3, 0.4) is 0 Å². The fourth-order valence-corrected chi connectivity index (χ4v) is 3.47. The Hall–Kier alpha value is -4.21. The number of esters is 2. The standard InChI is InChI=1S/C22H32N2O6.C9H10O2.C2H6/c1-14(15-11-9-8-10-12-15)18(26)24-22(5,6)20(28)23-16(19(27)29-7)13-17(25)30-21(2,3)4;1-7(9(10)11)8-5-3-2-4-6-8;1-2/h8-12,14,16H,13H2,1-7H3,(H,23,28)(H,24,26);2-7H,1H3,(H,10,11);1-2H3. The minimum atomic E-state index is -1.33. The van der Waals surface area contributed by atoms with Gasteiger partial charge in [-0.2, -0.15) is 0 Å². The topological polar surface area (TPSA) is 148 Å². The lowest BCUT2D eigenvalue weighted by molar-refractivity contribution is -0.159. The number of amides is 2. The second-order valence-electron chi connectivity index (χ2n) is 11.1. The molecule has 10 nitrogen and oxygen atoms in total. The highest BCUT2D eigenvalue weighted by Gasteiger charge is 2.35. The van der Waals surface area contributed by atoms with E-state index in [1.54, 1.807) is 34.6 Å². The van der Waals surface area contributed by atoms with Gasteiger partial charge in [0, 0.05) is 0 Å². The third-order valence-electron chi connectivity index (χ3n) is 5.95. The molecule has 0 saturated carbocycles. The summed E-state index contributed by atoms with van der Waals surface area (Å²) >= 11 is 0. The first-order valence-electron chi connectivity index (χ1n) is 14.2. The highest BCUT2D eigenvalue weighted by Crippen LogP contribution is 2.17. The largest absolute Gasteiger partial charge is 0.481 e. The zero-order valence-corrected chi connectivity index (χ0v) is 27.0. The minimum Gasteiger partial charge on any atom is -0.481 e. The summed E-state index contributed by atoms with van der Waals surface area (Å²) < 4.78 is 9.89. The Morgan fingerprint density at radius 2 is 1.23 bits per heavy atom. The van der Waals surface area contributed by atoms with E-state index < -0.39 is 52.8 Å². The van der Waals surface area contributed by atoms with Crippen LogP contribution in [0.2, 0.25) is 0 Å². The van der Waals surface area contributed by atoms with Crippen LogP contribution in [-0.2, 0) is 33.4 Å². The van der Waals surface area contributed by atoms with Gasteiger partial charge in [-0.15, -0.1) is 0 Å². The van der Waals surface area contributed by atoms with E-state index in [-0.39, 0.29) is 12.3 Å². The van der Waals surface area contributed by atoms with Gasteiger partial charge in [0.05, 0.1) is 25.4 Å². The van der Waals surface area contributed by atoms with E-state index in [9.17, 15) is 24.0 Å². The van der Waals surface area contributed by atoms with Crippen molar-refractivity contribution >= 4 is 29.7 Å². The first-order valence-corrected chi connectivity index (χ1v) is 14.2. The zero-order chi connectivity index (χ0) is 33.4. The van der Waals surface area contributed by atoms with Crippen molar-refractivity contribution in [3.8, 4) is 0 Å². The number of ether oxygens (including phenoxy) is 2. The van der Waals surface area contributed by atoms with Crippen LogP contribution in [0.25, 0.3) is 0 Å². The molecule has 43 heavy (non-hydrogen) atoms. The quantitative estimate of drug-likeness (QED) is 0.324. The smallest absolute Gasteiger partial charge is 0.328 e. The Balaban J connectivity index is 0.00000112. The average molecular weight is 601 g/mol. The second-order valence-corrected chi connectivity index (χ2v) is 11.1. The van der Waals surface area contributed by atoms with E-state index in [1.807, 2.05) is 74.5 Å². The van der Waals surface area contributed by atoms with Crippen LogP contribution < -0.4 is 10.6 Å². The van der Waals surface area contributed by atoms with E-state index >= 15 is 0 Å². The van der Waals surface area contributed by atoms with Gasteiger partial charge < -0.3 is 25.2 Å². The molecule has 0 aromatic heterocycles. The molecule has 2 rings (SSSR count). The number of carboxylic acid groups (broad SMARTS) is 1. The number of benzene rings is 2. The van der Waals surface area contributed by atoms with Crippen molar-refractivity contribution in [3.05, 3.63) is 71.8 Å². The maximum atomic E-state index is 12.8. The van der Waals surface area contributed by atoms with Crippen molar-refractivity contribution in [1.82, 2.24) is 10.6 Å². The van der Waals surface area contributed by atoms with Crippen molar-refractivity contribution in [2.45, 2.75) is 97.8 Å². The van der Waals surface area contributed by atoms with Crippen LogP contribution in [0.4, 0.5) is 0 Å². The van der Waals surface area contributed by atoms with Gasteiger partial charge >= 0.3 is 17.9 Å². The fourth-order valence-electron chi connectivity index (χ4n) is 3.47. The summed E-state index contributed by atoms with van der Waals surface area (Å²) in [5.41, 5.74) is -0.410. The molecule has 238 valence electrons. The summed E-state index contributed by atoms with van der Waals surface area (Å²) in [5, 5.41) is 13.8. The van der Waals surface area contributed by atoms with Gasteiger partial charge in [-0.25, -0.2) is 4.79 Å². The molecule has 0 heterocycles. The van der Waals surface area contributed by atoms with Crippen molar-refractivity contribution in [1.29, 1.82) is 0 Å². The summed E-state index contributed by atoms with van der Waals surface area (Å²) in [6, 6.07) is 17.1. The van der Waals surface area contributed by atoms with Crippen LogP contribution in [0.1, 0.15) is 91.7 Å². The first kappa shape index (κ1) is 38.8. The van der Waals surface area contributed by atoms with Gasteiger partial charge in [-0.1, -0.05) is 74.5 Å². The van der Waals surface area contributed by atoms with Crippen molar-refractivity contribution in [2.24, 2.45) is 0 Å². The SMILES string of the molecule is CC.CC(C(=O)O)c1ccccc1.COC(=O)C(CC(=O)OC(C)(C)C)NC(=O)C(C)(C)NC(=O)C(C)c1ccccc1. The molecule has 3 N–H and O–H groups in total. The molecule has 0 bridgehead atoms. The van der Waals surface area contributed by atoms with Crippen LogP contribution in [0, 0.1) is 0 Å². The molecule has 3 atom stereocenters. The number of carbonyl (C=O) groups is 5. The van der Waals surface area contributed by atoms with Crippen LogP contribution in [0.15, 0.2) is 60.7 Å². The molecule has 0 aliphatic rings. The number of carboxylic acids is 1. The van der Waals surface area contributed by atoms with Crippen LogP contribution in [-0.4, -0.2) is 59.1 Å². The molecule has 0 spiro atoms. The maximum Gasteiger partial charge on any atom is 0.328 e. The molecule has 3 unspecified atom stereocenters. The lowest BCUT2D eigenvalue weighted by Gasteiger charge is -2.29. The van der Waals surface area contributed by atoms with Gasteiger partial charge in [0.15, 0.2) is 0 Å². The third kappa shape index (κ3) is 14.5. The molecule has 0 saturated heterocycles. The van der Waals surface area contributed by atoms with Crippen LogP contribution in [0.5, 0.6) is 0 Å². The lowest BCUT2D eigenvalue weighted by atomic mass is 9.97. The van der Waals surface area contributed by atoms with Gasteiger partial charge in [0.1, 0.15) is 17.2 Å². The molecule has 2 amide bonds. The summed E-state index contributed by atoms with van der Waals surface area (Å²) in [7, 11) is 1.16. The summed E-state index contributed by atoms with van der Waals surface area (Å²) in [4.78, 5) is 60.0. The number of aliphatic carboxylic acids is 1. The first-order chi connectivity index (χ1) is 20.0. The van der Waals surface area contributed by atoms with Gasteiger partial charge in [-0.05, 0) is 59.6 Å². The molecular weight excluding hydrogens is 552 g/mol. The second kappa shape index (κ2) is 18.4. The zero-order valence-electron chi connectivity index (χ0n) is 27.0. The Bertz CT molecular complexity index is 1170. The number of hydrogen-bond acceptors (Lipinski definition) is 7. The van der Waals surface area contributed by atoms with E-state index in [0.29, 0.717) is 0 Å². The van der Waals surface area contributed by atoms with Crippen molar-refractivity contribution in [3.63, 3.8) is 0 Å². The van der Waals surface area contributed by atoms with E-state index in [1.165, 1.54) is 13.8 Å². The van der Waals surface area contributed by atoms with Gasteiger partial charge in [0.2, 0.25) is 11.8 Å². The van der Waals surface area contributed by atoms with E-state index in [0.717, 1.165) is 18.2 Å². The Morgan fingerprint density at radius 3 is 1.63 bits per heavy atom. The van der Waals surface area contributed by atoms with Crippen molar-refractivity contribution < 1.29 is 38.6 Å². The number of carbonyl (C=O) groups excluding carboxylic acids is 4. The predicted octanol–water partition coefficient (Wildman–Crippen LogP) is 4.98. The predicted molar refractivity (Wildman–Crippen MR) is 165 cm³/mol. The summed E-state index contributed by atoms with van der Waals surface area (Å²) in [6.07, 6.45) is -0.389. The molecule has 2 aromatic carbocycles. The Morgan fingerprint density at radius 1 is 0.791 bits per heavy atom. The van der Waals surface area contributed by atoms with Gasteiger partial charge in [0.25, 0.3) is 0 Å². The molecule has 0 fully saturated rings. The molecular formula is C33H48N2O8. The number of hydrogen-bond donors (Lipinski definition) is 3. The lowest BCUT2D eigenvalue weighted by Crippen LogP contribution is -2.58. The van der Waals surface area contributed by atoms with Crippen molar-refractivity contribution in [2.75, 3.05) is 7.11 Å². The molecule has 10 heteroatoms. The molecule has 0 aliphatic heterocycles. The Kier molecular flexibility index (Phi) is 16.6. The van der Waals surface area contributed by atoms with Crippen LogP contribution >= 0.6 is 0 Å². The third-order valence-corrected chi connectivity index (χ3v) is 5.95. The van der Waals surface area contributed by atoms with E-state index in [4.69, 9.17) is 9.84 Å². The monoisotopic (exact) mass is 600 g/mol. The number of methoxy groups -OCH3 is 1.